The number of carbonyl (C=O) groups is 1. The van der Waals surface area contributed by atoms with E-state index in [-0.39, 0.29) is 11.4 Å². The summed E-state index contributed by atoms with van der Waals surface area (Å²) < 4.78 is 5.16. The number of ether oxygens (including phenoxy) is 1. The van der Waals surface area contributed by atoms with E-state index < -0.39 is 0 Å². The van der Waals surface area contributed by atoms with Crippen LogP contribution in [0.25, 0.3) is 0 Å². The molecule has 1 N–H and O–H groups in total. The molecule has 2 aromatic rings. The van der Waals surface area contributed by atoms with Gasteiger partial charge in [-0.2, -0.15) is 0 Å². The summed E-state index contributed by atoms with van der Waals surface area (Å²) in [7, 11) is 1.66. The summed E-state index contributed by atoms with van der Waals surface area (Å²) in [6.07, 6.45) is 3.13. The summed E-state index contributed by atoms with van der Waals surface area (Å²) >= 11 is 0. The lowest BCUT2D eigenvalue weighted by Crippen LogP contribution is -2.45. The molecule has 3 heteroatoms. The minimum absolute atomic E-state index is 0.118. The van der Waals surface area contributed by atoms with E-state index >= 15 is 0 Å². The SMILES string of the molecule is COc1ccc(CCCC(=O)NC(C)(C)Cc2ccccc2C)cc1. The monoisotopic (exact) mass is 339 g/mol. The van der Waals surface area contributed by atoms with Gasteiger partial charge >= 0.3 is 0 Å². The number of aryl methyl sites for hydroxylation is 2. The highest BCUT2D eigenvalue weighted by Gasteiger charge is 2.21. The van der Waals surface area contributed by atoms with Crippen LogP contribution in [0.4, 0.5) is 0 Å². The van der Waals surface area contributed by atoms with Gasteiger partial charge in [0.1, 0.15) is 5.75 Å². The molecule has 2 aromatic carbocycles. The Kier molecular flexibility index (Phi) is 6.63. The Hall–Kier alpha value is -2.29. The first-order chi connectivity index (χ1) is 11.9. The van der Waals surface area contributed by atoms with Crippen LogP contribution in [0.5, 0.6) is 5.75 Å². The molecule has 0 saturated carbocycles. The molecule has 0 fully saturated rings. The van der Waals surface area contributed by atoms with E-state index in [0.717, 1.165) is 25.0 Å². The van der Waals surface area contributed by atoms with Crippen LogP contribution in [-0.4, -0.2) is 18.6 Å². The Labute approximate surface area is 151 Å². The smallest absolute Gasteiger partial charge is 0.220 e. The first kappa shape index (κ1) is 19.0. The number of carbonyl (C=O) groups excluding carboxylic acids is 1. The third kappa shape index (κ3) is 6.26. The quantitative estimate of drug-likeness (QED) is 0.771. The van der Waals surface area contributed by atoms with Gasteiger partial charge in [0, 0.05) is 12.0 Å². The highest BCUT2D eigenvalue weighted by atomic mass is 16.5. The predicted octanol–water partition coefficient (Wildman–Crippen LogP) is 4.46. The summed E-state index contributed by atoms with van der Waals surface area (Å²) in [4.78, 5) is 12.3. The van der Waals surface area contributed by atoms with Crippen LogP contribution >= 0.6 is 0 Å². The molecular formula is C22H29NO2. The molecule has 0 aromatic heterocycles. The highest BCUT2D eigenvalue weighted by molar-refractivity contribution is 5.76. The fourth-order valence-electron chi connectivity index (χ4n) is 3.01. The van der Waals surface area contributed by atoms with Gasteiger partial charge in [-0.25, -0.2) is 0 Å². The molecule has 0 aliphatic heterocycles. The highest BCUT2D eigenvalue weighted by Crippen LogP contribution is 2.17. The van der Waals surface area contributed by atoms with Gasteiger partial charge in [0.25, 0.3) is 0 Å². The average molecular weight is 339 g/mol. The second kappa shape index (κ2) is 8.70. The normalized spacial score (nSPS) is 11.2. The lowest BCUT2D eigenvalue weighted by molar-refractivity contribution is -0.122. The van der Waals surface area contributed by atoms with Gasteiger partial charge in [0.2, 0.25) is 5.91 Å². The van der Waals surface area contributed by atoms with E-state index in [1.54, 1.807) is 7.11 Å². The summed E-state index contributed by atoms with van der Waals surface area (Å²) in [5.41, 5.74) is 3.53. The second-order valence-corrected chi connectivity index (χ2v) is 7.24. The molecule has 25 heavy (non-hydrogen) atoms. The molecule has 0 heterocycles. The maximum atomic E-state index is 12.3. The van der Waals surface area contributed by atoms with Gasteiger partial charge in [-0.1, -0.05) is 36.4 Å². The van der Waals surface area contributed by atoms with Gasteiger partial charge in [-0.3, -0.25) is 4.79 Å². The van der Waals surface area contributed by atoms with Crippen molar-refractivity contribution in [3.8, 4) is 5.75 Å². The van der Waals surface area contributed by atoms with Crippen molar-refractivity contribution in [2.24, 2.45) is 0 Å². The molecular weight excluding hydrogens is 310 g/mol. The Bertz CT molecular complexity index is 689. The summed E-state index contributed by atoms with van der Waals surface area (Å²) in [6, 6.07) is 16.4. The van der Waals surface area contributed by atoms with Crippen molar-refractivity contribution in [1.29, 1.82) is 0 Å². The van der Waals surface area contributed by atoms with E-state index in [1.807, 2.05) is 18.2 Å². The summed E-state index contributed by atoms with van der Waals surface area (Å²) in [5.74, 6) is 0.978. The predicted molar refractivity (Wildman–Crippen MR) is 103 cm³/mol. The number of rotatable bonds is 8. The van der Waals surface area contributed by atoms with E-state index in [9.17, 15) is 4.79 Å². The third-order valence-corrected chi connectivity index (χ3v) is 4.40. The first-order valence-electron chi connectivity index (χ1n) is 8.88. The maximum absolute atomic E-state index is 12.3. The van der Waals surface area contributed by atoms with Gasteiger partial charge in [-0.05, 0) is 68.9 Å². The van der Waals surface area contributed by atoms with Gasteiger partial charge in [0.05, 0.1) is 7.11 Å². The molecule has 0 aliphatic rings. The topological polar surface area (TPSA) is 38.3 Å². The number of hydrogen-bond donors (Lipinski definition) is 1. The van der Waals surface area contributed by atoms with E-state index in [1.165, 1.54) is 16.7 Å². The average Bonchev–Trinajstić information content (AvgIpc) is 2.57. The minimum atomic E-state index is -0.247. The Morgan fingerprint density at radius 2 is 1.76 bits per heavy atom. The van der Waals surface area contributed by atoms with Crippen LogP contribution in [0.3, 0.4) is 0 Å². The lowest BCUT2D eigenvalue weighted by Gasteiger charge is -2.27. The van der Waals surface area contributed by atoms with E-state index in [0.29, 0.717) is 6.42 Å². The molecule has 0 radical (unpaired) electrons. The molecule has 134 valence electrons. The molecule has 0 atom stereocenters. The fourth-order valence-corrected chi connectivity index (χ4v) is 3.01. The fraction of sp³-hybridized carbons (Fsp3) is 0.409. The first-order valence-corrected chi connectivity index (χ1v) is 8.88. The second-order valence-electron chi connectivity index (χ2n) is 7.24. The van der Waals surface area contributed by atoms with Crippen molar-refractivity contribution in [1.82, 2.24) is 5.32 Å². The van der Waals surface area contributed by atoms with Crippen molar-refractivity contribution in [3.05, 3.63) is 65.2 Å². The van der Waals surface area contributed by atoms with Crippen LogP contribution in [0.15, 0.2) is 48.5 Å². The van der Waals surface area contributed by atoms with Gasteiger partial charge < -0.3 is 10.1 Å². The van der Waals surface area contributed by atoms with Crippen LogP contribution in [-0.2, 0) is 17.6 Å². The molecule has 2 rings (SSSR count). The molecule has 0 aliphatic carbocycles. The Morgan fingerprint density at radius 3 is 2.40 bits per heavy atom. The lowest BCUT2D eigenvalue weighted by atomic mass is 9.92. The maximum Gasteiger partial charge on any atom is 0.220 e. The van der Waals surface area contributed by atoms with Crippen LogP contribution in [0, 0.1) is 6.92 Å². The third-order valence-electron chi connectivity index (χ3n) is 4.40. The number of hydrogen-bond acceptors (Lipinski definition) is 2. The standard InChI is InChI=1S/C22H29NO2/c1-17-8-5-6-10-19(17)16-22(2,3)23-21(24)11-7-9-18-12-14-20(25-4)15-13-18/h5-6,8,10,12-15H,7,9,11,16H2,1-4H3,(H,23,24). The van der Waals surface area contributed by atoms with E-state index in [4.69, 9.17) is 4.74 Å². The van der Waals surface area contributed by atoms with Crippen molar-refractivity contribution in [3.63, 3.8) is 0 Å². The van der Waals surface area contributed by atoms with Crippen molar-refractivity contribution in [2.45, 2.75) is 52.0 Å². The molecule has 0 bridgehead atoms. The minimum Gasteiger partial charge on any atom is -0.497 e. The Balaban J connectivity index is 1.79. The summed E-state index contributed by atoms with van der Waals surface area (Å²) in [6.45, 7) is 6.28. The largest absolute Gasteiger partial charge is 0.497 e. The molecule has 1 amide bonds. The van der Waals surface area contributed by atoms with Gasteiger partial charge in [-0.15, -0.1) is 0 Å². The Morgan fingerprint density at radius 1 is 1.08 bits per heavy atom. The number of nitrogens with one attached hydrogen (secondary N) is 1. The van der Waals surface area contributed by atoms with Crippen LogP contribution in [0.1, 0.15) is 43.4 Å². The van der Waals surface area contributed by atoms with Crippen molar-refractivity contribution >= 4 is 5.91 Å². The van der Waals surface area contributed by atoms with Gasteiger partial charge in [0.15, 0.2) is 0 Å². The van der Waals surface area contributed by atoms with Crippen molar-refractivity contribution in [2.75, 3.05) is 7.11 Å². The molecule has 0 saturated heterocycles. The number of amides is 1. The molecule has 0 spiro atoms. The zero-order chi connectivity index (χ0) is 18.3. The molecule has 3 nitrogen and oxygen atoms in total. The number of benzene rings is 2. The zero-order valence-electron chi connectivity index (χ0n) is 15.8. The molecule has 0 unspecified atom stereocenters. The zero-order valence-corrected chi connectivity index (χ0v) is 15.8. The summed E-state index contributed by atoms with van der Waals surface area (Å²) in [5, 5.41) is 3.18. The van der Waals surface area contributed by atoms with Crippen LogP contribution < -0.4 is 10.1 Å². The van der Waals surface area contributed by atoms with Crippen LogP contribution in [0.2, 0.25) is 0 Å². The van der Waals surface area contributed by atoms with Crippen molar-refractivity contribution < 1.29 is 9.53 Å². The number of methoxy groups -OCH3 is 1. The van der Waals surface area contributed by atoms with E-state index in [2.05, 4.69) is 56.4 Å².